The summed E-state index contributed by atoms with van der Waals surface area (Å²) in [5.41, 5.74) is 2.67. The van der Waals surface area contributed by atoms with Crippen molar-refractivity contribution in [1.82, 2.24) is 4.90 Å². The van der Waals surface area contributed by atoms with E-state index in [2.05, 4.69) is 5.32 Å². The lowest BCUT2D eigenvalue weighted by Crippen LogP contribution is -2.27. The summed E-state index contributed by atoms with van der Waals surface area (Å²) in [7, 11) is 0. The molecule has 1 aliphatic rings. The molecule has 36 heavy (non-hydrogen) atoms. The monoisotopic (exact) mass is 544 g/mol. The fourth-order valence-corrected chi connectivity index (χ4v) is 4.56. The van der Waals surface area contributed by atoms with Gasteiger partial charge in [0.2, 0.25) is 0 Å². The van der Waals surface area contributed by atoms with Crippen molar-refractivity contribution >= 4 is 63.8 Å². The van der Waals surface area contributed by atoms with E-state index in [1.807, 2.05) is 6.92 Å². The molecule has 0 spiro atoms. The predicted octanol–water partition coefficient (Wildman–Crippen LogP) is 6.69. The molecule has 10 heteroatoms. The average molecular weight is 545 g/mol. The van der Waals surface area contributed by atoms with Gasteiger partial charge in [0.25, 0.3) is 17.1 Å². The summed E-state index contributed by atoms with van der Waals surface area (Å²) >= 11 is 13.2. The first-order valence-electron chi connectivity index (χ1n) is 10.7. The van der Waals surface area contributed by atoms with Crippen molar-refractivity contribution in [2.24, 2.45) is 0 Å². The highest BCUT2D eigenvalue weighted by Crippen LogP contribution is 2.34. The Balaban J connectivity index is 1.37. The highest BCUT2D eigenvalue weighted by molar-refractivity contribution is 8.18. The number of amides is 3. The number of rotatable bonds is 7. The number of hydrogen-bond acceptors (Lipinski definition) is 5. The van der Waals surface area contributed by atoms with Gasteiger partial charge in [0.15, 0.2) is 6.61 Å². The standard InChI is InChI=1S/C26H19Cl2FN2O4S/c1-15-2-8-19(12-20(15)27)30-24(32)14-35-22-9-5-17(10-21(22)28)11-23-25(33)31(26(34)36-23)13-16-3-6-18(29)7-4-16/h2-12H,13-14H2,1H3,(H,30,32)/b23-11-. The van der Waals surface area contributed by atoms with E-state index in [1.54, 1.807) is 42.5 Å². The molecular weight excluding hydrogens is 526 g/mol. The Labute approximate surface area is 221 Å². The van der Waals surface area contributed by atoms with Gasteiger partial charge in [0.1, 0.15) is 11.6 Å². The Bertz CT molecular complexity index is 1380. The molecule has 1 saturated heterocycles. The highest BCUT2D eigenvalue weighted by Gasteiger charge is 2.35. The van der Waals surface area contributed by atoms with Gasteiger partial charge in [0.05, 0.1) is 16.5 Å². The number of carbonyl (C=O) groups is 3. The minimum atomic E-state index is -0.446. The second-order valence-electron chi connectivity index (χ2n) is 7.88. The molecule has 3 aromatic carbocycles. The number of halogens is 3. The molecule has 0 bridgehead atoms. The van der Waals surface area contributed by atoms with Crippen molar-refractivity contribution in [1.29, 1.82) is 0 Å². The van der Waals surface area contributed by atoms with Crippen LogP contribution < -0.4 is 10.1 Å². The number of nitrogens with one attached hydrogen (secondary N) is 1. The molecule has 1 heterocycles. The number of carbonyl (C=O) groups excluding carboxylic acids is 3. The number of hydrogen-bond donors (Lipinski definition) is 1. The van der Waals surface area contributed by atoms with Gasteiger partial charge < -0.3 is 10.1 Å². The summed E-state index contributed by atoms with van der Waals surface area (Å²) in [4.78, 5) is 38.6. The minimum absolute atomic E-state index is 0.0483. The largest absolute Gasteiger partial charge is 0.482 e. The summed E-state index contributed by atoms with van der Waals surface area (Å²) in [6.45, 7) is 1.64. The Hall–Kier alpha value is -3.33. The van der Waals surface area contributed by atoms with Crippen molar-refractivity contribution in [3.8, 4) is 5.75 Å². The lowest BCUT2D eigenvalue weighted by atomic mass is 10.2. The highest BCUT2D eigenvalue weighted by atomic mass is 35.5. The van der Waals surface area contributed by atoms with E-state index < -0.39 is 17.0 Å². The summed E-state index contributed by atoms with van der Waals surface area (Å²) < 4.78 is 18.6. The maximum atomic E-state index is 13.1. The van der Waals surface area contributed by atoms with E-state index >= 15 is 0 Å². The Morgan fingerprint density at radius 3 is 2.50 bits per heavy atom. The van der Waals surface area contributed by atoms with Crippen LogP contribution in [0.15, 0.2) is 65.6 Å². The molecule has 1 aliphatic heterocycles. The van der Waals surface area contributed by atoms with Crippen LogP contribution in [0.4, 0.5) is 14.9 Å². The molecule has 0 atom stereocenters. The van der Waals surface area contributed by atoms with Crippen LogP contribution in [-0.4, -0.2) is 28.6 Å². The Morgan fingerprint density at radius 1 is 1.06 bits per heavy atom. The maximum Gasteiger partial charge on any atom is 0.293 e. The predicted molar refractivity (Wildman–Crippen MR) is 140 cm³/mol. The Morgan fingerprint density at radius 2 is 1.81 bits per heavy atom. The zero-order chi connectivity index (χ0) is 25.8. The summed E-state index contributed by atoms with van der Waals surface area (Å²) in [6.07, 6.45) is 1.55. The molecule has 3 aromatic rings. The van der Waals surface area contributed by atoms with Crippen molar-refractivity contribution in [2.45, 2.75) is 13.5 Å². The van der Waals surface area contributed by atoms with E-state index in [0.29, 0.717) is 21.8 Å². The van der Waals surface area contributed by atoms with Crippen LogP contribution in [0.1, 0.15) is 16.7 Å². The van der Waals surface area contributed by atoms with Gasteiger partial charge in [-0.1, -0.05) is 47.5 Å². The third kappa shape index (κ3) is 6.26. The first kappa shape index (κ1) is 25.8. The van der Waals surface area contributed by atoms with E-state index in [4.69, 9.17) is 27.9 Å². The maximum absolute atomic E-state index is 13.1. The van der Waals surface area contributed by atoms with E-state index in [-0.39, 0.29) is 34.7 Å². The normalized spacial score (nSPS) is 14.4. The van der Waals surface area contributed by atoms with Crippen molar-refractivity contribution in [3.05, 3.63) is 98.1 Å². The smallest absolute Gasteiger partial charge is 0.293 e. The third-order valence-corrected chi connectivity index (χ3v) is 6.81. The van der Waals surface area contributed by atoms with Gasteiger partial charge in [-0.15, -0.1) is 0 Å². The average Bonchev–Trinajstić information content (AvgIpc) is 3.09. The third-order valence-electron chi connectivity index (χ3n) is 5.20. The number of benzene rings is 3. The molecule has 6 nitrogen and oxygen atoms in total. The molecule has 4 rings (SSSR count). The molecular formula is C26H19Cl2FN2O4S. The fraction of sp³-hybridized carbons (Fsp3) is 0.115. The second kappa shape index (κ2) is 11.2. The van der Waals surface area contributed by atoms with Crippen LogP contribution in [-0.2, 0) is 16.1 Å². The first-order chi connectivity index (χ1) is 17.2. The first-order valence-corrected chi connectivity index (χ1v) is 12.2. The number of nitrogens with zero attached hydrogens (tertiary/aromatic N) is 1. The molecule has 0 radical (unpaired) electrons. The van der Waals surface area contributed by atoms with E-state index in [1.165, 1.54) is 24.3 Å². The van der Waals surface area contributed by atoms with Gasteiger partial charge in [-0.2, -0.15) is 0 Å². The van der Waals surface area contributed by atoms with Gasteiger partial charge >= 0.3 is 0 Å². The van der Waals surface area contributed by atoms with Crippen LogP contribution in [0.5, 0.6) is 5.75 Å². The fourth-order valence-electron chi connectivity index (χ4n) is 3.29. The van der Waals surface area contributed by atoms with Crippen LogP contribution >= 0.6 is 35.0 Å². The van der Waals surface area contributed by atoms with E-state index in [0.717, 1.165) is 22.2 Å². The summed E-state index contributed by atoms with van der Waals surface area (Å²) in [6, 6.07) is 15.6. The van der Waals surface area contributed by atoms with Gasteiger partial charge in [0, 0.05) is 10.7 Å². The molecule has 1 fully saturated rings. The second-order valence-corrected chi connectivity index (χ2v) is 9.69. The van der Waals surface area contributed by atoms with Gasteiger partial charge in [-0.05, 0) is 77.9 Å². The van der Waals surface area contributed by atoms with Gasteiger partial charge in [-0.3, -0.25) is 19.3 Å². The van der Waals surface area contributed by atoms with Crippen molar-refractivity contribution in [2.75, 3.05) is 11.9 Å². The minimum Gasteiger partial charge on any atom is -0.482 e. The molecule has 1 N–H and O–H groups in total. The topological polar surface area (TPSA) is 75.7 Å². The van der Waals surface area contributed by atoms with Crippen LogP contribution in [0.2, 0.25) is 10.0 Å². The van der Waals surface area contributed by atoms with Crippen molar-refractivity contribution in [3.63, 3.8) is 0 Å². The molecule has 0 aliphatic carbocycles. The van der Waals surface area contributed by atoms with Crippen LogP contribution in [0.25, 0.3) is 6.08 Å². The molecule has 0 saturated carbocycles. The van der Waals surface area contributed by atoms with Crippen LogP contribution in [0.3, 0.4) is 0 Å². The lowest BCUT2D eigenvalue weighted by molar-refractivity contribution is -0.123. The SMILES string of the molecule is Cc1ccc(NC(=O)COc2ccc(/C=C3\SC(=O)N(Cc4ccc(F)cc4)C3=O)cc2Cl)cc1Cl. The number of anilines is 1. The number of thioether (sulfide) groups is 1. The summed E-state index contributed by atoms with van der Waals surface area (Å²) in [5, 5.41) is 3.06. The van der Waals surface area contributed by atoms with Crippen LogP contribution in [0, 0.1) is 12.7 Å². The summed E-state index contributed by atoms with van der Waals surface area (Å²) in [5.74, 6) is -0.937. The zero-order valence-electron chi connectivity index (χ0n) is 18.9. The molecule has 0 unspecified atom stereocenters. The molecule has 3 amide bonds. The Kier molecular flexibility index (Phi) is 7.98. The van der Waals surface area contributed by atoms with E-state index in [9.17, 15) is 18.8 Å². The number of ether oxygens (including phenoxy) is 1. The van der Waals surface area contributed by atoms with Gasteiger partial charge in [-0.25, -0.2) is 4.39 Å². The zero-order valence-corrected chi connectivity index (χ0v) is 21.2. The number of imide groups is 1. The quantitative estimate of drug-likeness (QED) is 0.335. The lowest BCUT2D eigenvalue weighted by Gasteiger charge is -2.12. The number of aryl methyl sites for hydroxylation is 1. The molecule has 0 aromatic heterocycles. The molecule has 184 valence electrons. The van der Waals surface area contributed by atoms with Crippen molar-refractivity contribution < 1.29 is 23.5 Å².